The zero-order valence-electron chi connectivity index (χ0n) is 17.5. The maximum absolute atomic E-state index is 12.5. The number of para-hydroxylation sites is 1. The van der Waals surface area contributed by atoms with Crippen LogP contribution in [0.2, 0.25) is 0 Å². The zero-order valence-corrected chi connectivity index (χ0v) is 18.3. The summed E-state index contributed by atoms with van der Waals surface area (Å²) in [5, 5.41) is 7.14. The van der Waals surface area contributed by atoms with Crippen LogP contribution in [-0.4, -0.2) is 53.5 Å². The third kappa shape index (κ3) is 5.78. The van der Waals surface area contributed by atoms with Crippen LogP contribution in [-0.2, 0) is 11.2 Å². The molecule has 1 amide bonds. The quantitative estimate of drug-likeness (QED) is 0.734. The fraction of sp³-hybridized carbons (Fsp3) is 0.391. The lowest BCUT2D eigenvalue weighted by Crippen LogP contribution is -2.51. The zero-order chi connectivity index (χ0) is 20.8. The Hall–Kier alpha value is -2.44. The summed E-state index contributed by atoms with van der Waals surface area (Å²) in [6.07, 6.45) is 0.903. The van der Waals surface area contributed by atoms with Crippen molar-refractivity contribution < 1.29 is 4.79 Å². The second-order valence-corrected chi connectivity index (χ2v) is 7.94. The van der Waals surface area contributed by atoms with Crippen LogP contribution in [0.5, 0.6) is 0 Å². The molecule has 2 aromatic carbocycles. The molecule has 1 heterocycles. The van der Waals surface area contributed by atoms with Gasteiger partial charge in [0.1, 0.15) is 0 Å². The molecule has 0 radical (unpaired) electrons. The molecule has 29 heavy (non-hydrogen) atoms. The predicted octanol–water partition coefficient (Wildman–Crippen LogP) is 3.82. The van der Waals surface area contributed by atoms with Crippen LogP contribution < -0.4 is 10.6 Å². The molecule has 1 aliphatic heterocycles. The van der Waals surface area contributed by atoms with Gasteiger partial charge in [-0.2, -0.15) is 0 Å². The monoisotopic (exact) mass is 410 g/mol. The number of amides is 1. The van der Waals surface area contributed by atoms with E-state index in [2.05, 4.69) is 65.5 Å². The number of thiocarbonyl (C=S) groups is 1. The Kier molecular flexibility index (Phi) is 7.23. The lowest BCUT2D eigenvalue weighted by atomic mass is 10.1. The molecule has 1 fully saturated rings. The summed E-state index contributed by atoms with van der Waals surface area (Å²) in [4.78, 5) is 16.8. The number of nitrogens with zero attached hydrogens (tertiary/aromatic N) is 2. The molecule has 0 spiro atoms. The largest absolute Gasteiger partial charge is 0.346 e. The van der Waals surface area contributed by atoms with Crippen molar-refractivity contribution in [2.75, 3.05) is 43.4 Å². The van der Waals surface area contributed by atoms with Gasteiger partial charge in [0, 0.05) is 37.6 Å². The summed E-state index contributed by atoms with van der Waals surface area (Å²) >= 11 is 5.59. The molecular weight excluding hydrogens is 380 g/mol. The Morgan fingerprint density at radius 1 is 1.00 bits per heavy atom. The molecule has 0 unspecified atom stereocenters. The van der Waals surface area contributed by atoms with Gasteiger partial charge in [-0.3, -0.25) is 9.69 Å². The van der Waals surface area contributed by atoms with E-state index >= 15 is 0 Å². The first-order chi connectivity index (χ1) is 14.0. The van der Waals surface area contributed by atoms with Crippen molar-refractivity contribution in [2.24, 2.45) is 0 Å². The molecule has 2 N–H and O–H groups in total. The van der Waals surface area contributed by atoms with Crippen LogP contribution >= 0.6 is 12.2 Å². The summed E-state index contributed by atoms with van der Waals surface area (Å²) in [6, 6.07) is 14.3. The molecule has 3 rings (SSSR count). The summed E-state index contributed by atoms with van der Waals surface area (Å²) in [5.74, 6) is 0.0372. The van der Waals surface area contributed by atoms with E-state index in [4.69, 9.17) is 12.2 Å². The Balaban J connectivity index is 1.46. The Bertz CT molecular complexity index is 875. The van der Waals surface area contributed by atoms with Crippen molar-refractivity contribution in [1.82, 2.24) is 9.80 Å². The fourth-order valence-electron chi connectivity index (χ4n) is 3.47. The smallest absolute Gasteiger partial charge is 0.238 e. The number of aryl methyl sites for hydroxylation is 3. The highest BCUT2D eigenvalue weighted by Gasteiger charge is 2.21. The molecule has 0 atom stereocenters. The number of hydrogen-bond acceptors (Lipinski definition) is 3. The van der Waals surface area contributed by atoms with Crippen LogP contribution in [0.25, 0.3) is 0 Å². The van der Waals surface area contributed by atoms with E-state index < -0.39 is 0 Å². The van der Waals surface area contributed by atoms with Crippen molar-refractivity contribution in [1.29, 1.82) is 0 Å². The van der Waals surface area contributed by atoms with Crippen molar-refractivity contribution in [3.8, 4) is 0 Å². The van der Waals surface area contributed by atoms with Gasteiger partial charge in [0.05, 0.1) is 6.54 Å². The molecule has 0 saturated carbocycles. The summed E-state index contributed by atoms with van der Waals surface area (Å²) in [7, 11) is 0. The Morgan fingerprint density at radius 3 is 2.41 bits per heavy atom. The van der Waals surface area contributed by atoms with Gasteiger partial charge < -0.3 is 15.5 Å². The summed E-state index contributed by atoms with van der Waals surface area (Å²) < 4.78 is 0. The molecule has 6 heteroatoms. The minimum Gasteiger partial charge on any atom is -0.346 e. The third-order valence-electron chi connectivity index (χ3n) is 5.46. The van der Waals surface area contributed by atoms with Crippen LogP contribution in [0.4, 0.5) is 11.4 Å². The van der Waals surface area contributed by atoms with Crippen molar-refractivity contribution >= 4 is 34.6 Å². The number of piperazine rings is 1. The van der Waals surface area contributed by atoms with Crippen LogP contribution in [0.15, 0.2) is 42.5 Å². The van der Waals surface area contributed by atoms with Crippen LogP contribution in [0.3, 0.4) is 0 Å². The van der Waals surface area contributed by atoms with E-state index in [0.717, 1.165) is 54.7 Å². The second-order valence-electron chi connectivity index (χ2n) is 7.55. The first-order valence-electron chi connectivity index (χ1n) is 10.2. The average molecular weight is 411 g/mol. The van der Waals surface area contributed by atoms with E-state index in [1.807, 2.05) is 18.2 Å². The molecule has 2 aromatic rings. The van der Waals surface area contributed by atoms with Crippen molar-refractivity contribution in [3.63, 3.8) is 0 Å². The summed E-state index contributed by atoms with van der Waals surface area (Å²) in [6.45, 7) is 9.97. The van der Waals surface area contributed by atoms with Gasteiger partial charge in [-0.1, -0.05) is 31.2 Å². The molecule has 1 saturated heterocycles. The molecule has 0 bridgehead atoms. The van der Waals surface area contributed by atoms with Gasteiger partial charge in [0.2, 0.25) is 5.91 Å². The van der Waals surface area contributed by atoms with E-state index in [0.29, 0.717) is 6.54 Å². The minimum atomic E-state index is 0.0372. The van der Waals surface area contributed by atoms with E-state index in [1.165, 1.54) is 11.1 Å². The maximum Gasteiger partial charge on any atom is 0.238 e. The molecule has 154 valence electrons. The second kappa shape index (κ2) is 9.85. The normalized spacial score (nSPS) is 14.5. The highest BCUT2D eigenvalue weighted by atomic mass is 32.1. The molecule has 0 aromatic heterocycles. The van der Waals surface area contributed by atoms with E-state index in [1.54, 1.807) is 0 Å². The van der Waals surface area contributed by atoms with Crippen molar-refractivity contribution in [3.05, 3.63) is 59.2 Å². The standard InChI is InChI=1S/C23H30N4OS/c1-4-19-7-5-6-8-21(19)25-22(28)16-26-11-13-27(14-12-26)23(29)24-20-10-9-17(2)18(3)15-20/h5-10,15H,4,11-14,16H2,1-3H3,(H,24,29)(H,25,28). The van der Waals surface area contributed by atoms with Crippen LogP contribution in [0, 0.1) is 13.8 Å². The molecule has 0 aliphatic carbocycles. The number of carbonyl (C=O) groups is 1. The number of benzene rings is 2. The number of hydrogen-bond donors (Lipinski definition) is 2. The Morgan fingerprint density at radius 2 is 1.72 bits per heavy atom. The summed E-state index contributed by atoms with van der Waals surface area (Å²) in [5.41, 5.74) is 5.62. The highest BCUT2D eigenvalue weighted by molar-refractivity contribution is 7.80. The number of rotatable bonds is 5. The number of carbonyl (C=O) groups excluding carboxylic acids is 1. The molecule has 5 nitrogen and oxygen atoms in total. The van der Waals surface area contributed by atoms with Gasteiger partial charge >= 0.3 is 0 Å². The van der Waals surface area contributed by atoms with Crippen molar-refractivity contribution in [2.45, 2.75) is 27.2 Å². The van der Waals surface area contributed by atoms with E-state index in [9.17, 15) is 4.79 Å². The highest BCUT2D eigenvalue weighted by Crippen LogP contribution is 2.17. The first kappa shape index (κ1) is 21.3. The number of nitrogens with one attached hydrogen (secondary N) is 2. The topological polar surface area (TPSA) is 47.6 Å². The first-order valence-corrected chi connectivity index (χ1v) is 10.6. The molecule has 1 aliphatic rings. The Labute approximate surface area is 179 Å². The SMILES string of the molecule is CCc1ccccc1NC(=O)CN1CCN(C(=S)Nc2ccc(C)c(C)c2)CC1. The third-order valence-corrected chi connectivity index (χ3v) is 5.82. The molecular formula is C23H30N4OS. The van der Waals surface area contributed by atoms with Gasteiger partial charge in [0.15, 0.2) is 5.11 Å². The maximum atomic E-state index is 12.5. The fourth-order valence-corrected chi connectivity index (χ4v) is 3.77. The van der Waals surface area contributed by atoms with Gasteiger partial charge in [0.25, 0.3) is 0 Å². The van der Waals surface area contributed by atoms with Gasteiger partial charge in [-0.15, -0.1) is 0 Å². The average Bonchev–Trinajstić information content (AvgIpc) is 2.71. The van der Waals surface area contributed by atoms with E-state index in [-0.39, 0.29) is 5.91 Å². The number of anilines is 2. The van der Waals surface area contributed by atoms with Crippen LogP contribution in [0.1, 0.15) is 23.6 Å². The lowest BCUT2D eigenvalue weighted by Gasteiger charge is -2.35. The lowest BCUT2D eigenvalue weighted by molar-refractivity contribution is -0.117. The minimum absolute atomic E-state index is 0.0372. The van der Waals surface area contributed by atoms with Gasteiger partial charge in [-0.25, -0.2) is 0 Å². The van der Waals surface area contributed by atoms with Gasteiger partial charge in [-0.05, 0) is 67.4 Å². The predicted molar refractivity (Wildman–Crippen MR) is 125 cm³/mol.